The first-order valence-corrected chi connectivity index (χ1v) is 21.5. The minimum absolute atomic E-state index is 0.902. The van der Waals surface area contributed by atoms with Crippen LogP contribution < -0.4 is 4.90 Å². The van der Waals surface area contributed by atoms with Crippen molar-refractivity contribution in [2.24, 2.45) is 0 Å². The predicted octanol–water partition coefficient (Wildman–Crippen LogP) is 16.8. The van der Waals surface area contributed by atoms with Gasteiger partial charge in [-0.1, -0.05) is 170 Å². The van der Waals surface area contributed by atoms with E-state index in [9.17, 15) is 0 Å². The lowest BCUT2D eigenvalue weighted by Gasteiger charge is -2.26. The number of furan rings is 1. The number of rotatable bonds is 8. The second-order valence-corrected chi connectivity index (χ2v) is 16.1. The van der Waals surface area contributed by atoms with E-state index in [4.69, 9.17) is 4.42 Å². The molecule has 10 aromatic carbocycles. The fourth-order valence-corrected chi connectivity index (χ4v) is 9.33. The molecule has 0 aliphatic carbocycles. The van der Waals surface area contributed by atoms with Crippen LogP contribution in [0.15, 0.2) is 247 Å². The molecular weight excluding hydrogens is 765 g/mol. The maximum atomic E-state index is 6.45. The van der Waals surface area contributed by atoms with E-state index in [1.807, 2.05) is 12.1 Å². The van der Waals surface area contributed by atoms with Crippen molar-refractivity contribution in [3.05, 3.63) is 243 Å². The SMILES string of the molecule is c1ccc(-c2ccc(-c3ccc(N(c4ccc(-c5cccc6c5oc5ccccc56)cc4)c4cccc(-c5ccc6c(c5)c5ccccc5n6-c5ccccc5)c4)cc3)cc2)cc1. The summed E-state index contributed by atoms with van der Waals surface area (Å²) in [5.74, 6) is 0. The topological polar surface area (TPSA) is 21.3 Å². The lowest BCUT2D eigenvalue weighted by Crippen LogP contribution is -2.10. The van der Waals surface area contributed by atoms with Gasteiger partial charge in [0.15, 0.2) is 0 Å². The van der Waals surface area contributed by atoms with Gasteiger partial charge in [0.2, 0.25) is 0 Å². The third-order valence-corrected chi connectivity index (χ3v) is 12.4. The van der Waals surface area contributed by atoms with Gasteiger partial charge in [0, 0.05) is 49.9 Å². The van der Waals surface area contributed by atoms with Crippen LogP contribution in [0.3, 0.4) is 0 Å². The van der Waals surface area contributed by atoms with Gasteiger partial charge in [-0.05, 0) is 112 Å². The summed E-state index contributed by atoms with van der Waals surface area (Å²) in [5, 5.41) is 4.73. The fourth-order valence-electron chi connectivity index (χ4n) is 9.33. The van der Waals surface area contributed by atoms with Gasteiger partial charge in [-0.15, -0.1) is 0 Å². The Labute approximate surface area is 366 Å². The lowest BCUT2D eigenvalue weighted by molar-refractivity contribution is 0.670. The van der Waals surface area contributed by atoms with Crippen LogP contribution in [-0.2, 0) is 0 Å². The van der Waals surface area contributed by atoms with Crippen LogP contribution >= 0.6 is 0 Å². The van der Waals surface area contributed by atoms with Gasteiger partial charge in [0.25, 0.3) is 0 Å². The van der Waals surface area contributed by atoms with E-state index >= 15 is 0 Å². The summed E-state index contributed by atoms with van der Waals surface area (Å²) < 4.78 is 8.82. The highest BCUT2D eigenvalue weighted by Crippen LogP contribution is 2.42. The zero-order chi connectivity index (χ0) is 41.7. The third-order valence-electron chi connectivity index (χ3n) is 12.4. The quantitative estimate of drug-likeness (QED) is 0.153. The van der Waals surface area contributed by atoms with Gasteiger partial charge in [-0.2, -0.15) is 0 Å². The second-order valence-electron chi connectivity index (χ2n) is 16.1. The number of para-hydroxylation sites is 4. The minimum atomic E-state index is 0.902. The van der Waals surface area contributed by atoms with Crippen LogP contribution in [-0.4, -0.2) is 4.57 Å². The number of hydrogen-bond acceptors (Lipinski definition) is 2. The van der Waals surface area contributed by atoms with E-state index in [0.29, 0.717) is 0 Å². The molecule has 2 aromatic heterocycles. The Morgan fingerprint density at radius 1 is 0.302 bits per heavy atom. The van der Waals surface area contributed by atoms with Crippen molar-refractivity contribution in [3.8, 4) is 50.2 Å². The molecule has 0 aliphatic heterocycles. The minimum Gasteiger partial charge on any atom is -0.455 e. The van der Waals surface area contributed by atoms with E-state index < -0.39 is 0 Å². The molecular formula is C60H40N2O. The normalized spacial score (nSPS) is 11.5. The van der Waals surface area contributed by atoms with Crippen molar-refractivity contribution < 1.29 is 4.42 Å². The molecule has 63 heavy (non-hydrogen) atoms. The first-order valence-electron chi connectivity index (χ1n) is 21.5. The molecule has 0 aliphatic rings. The van der Waals surface area contributed by atoms with E-state index in [1.54, 1.807) is 0 Å². The van der Waals surface area contributed by atoms with Gasteiger partial charge in [-0.3, -0.25) is 0 Å². The van der Waals surface area contributed by atoms with Crippen molar-refractivity contribution in [3.63, 3.8) is 0 Å². The monoisotopic (exact) mass is 804 g/mol. The van der Waals surface area contributed by atoms with Crippen molar-refractivity contribution >= 4 is 60.8 Å². The number of anilines is 3. The first-order chi connectivity index (χ1) is 31.2. The van der Waals surface area contributed by atoms with E-state index in [1.165, 1.54) is 49.6 Å². The Hall–Kier alpha value is -8.40. The van der Waals surface area contributed by atoms with Gasteiger partial charge < -0.3 is 13.9 Å². The maximum Gasteiger partial charge on any atom is 0.143 e. The smallest absolute Gasteiger partial charge is 0.143 e. The number of nitrogens with zero attached hydrogens (tertiary/aromatic N) is 2. The van der Waals surface area contributed by atoms with Crippen LogP contribution in [0.1, 0.15) is 0 Å². The van der Waals surface area contributed by atoms with Crippen LogP contribution in [0.5, 0.6) is 0 Å². The number of aromatic nitrogens is 1. The Balaban J connectivity index is 0.947. The number of benzene rings is 10. The molecule has 0 N–H and O–H groups in total. The predicted molar refractivity (Wildman–Crippen MR) is 264 cm³/mol. The van der Waals surface area contributed by atoms with Gasteiger partial charge in [0.1, 0.15) is 11.2 Å². The van der Waals surface area contributed by atoms with Crippen molar-refractivity contribution in [1.82, 2.24) is 4.57 Å². The van der Waals surface area contributed by atoms with Crippen molar-refractivity contribution in [1.29, 1.82) is 0 Å². The fraction of sp³-hybridized carbons (Fsp3) is 0. The van der Waals surface area contributed by atoms with Crippen molar-refractivity contribution in [2.45, 2.75) is 0 Å². The molecule has 2 heterocycles. The zero-order valence-electron chi connectivity index (χ0n) is 34.4. The molecule has 0 saturated carbocycles. The Kier molecular flexibility index (Phi) is 8.83. The summed E-state index contributed by atoms with van der Waals surface area (Å²) in [6.45, 7) is 0. The molecule has 0 saturated heterocycles. The van der Waals surface area contributed by atoms with Gasteiger partial charge in [0.05, 0.1) is 11.0 Å². The molecule has 3 nitrogen and oxygen atoms in total. The molecule has 12 aromatic rings. The molecule has 12 rings (SSSR count). The van der Waals surface area contributed by atoms with E-state index in [2.05, 4.69) is 240 Å². The zero-order valence-corrected chi connectivity index (χ0v) is 34.4. The molecule has 0 spiro atoms. The molecule has 296 valence electrons. The molecule has 0 fully saturated rings. The first kappa shape index (κ1) is 36.5. The Bertz CT molecular complexity index is 3580. The largest absolute Gasteiger partial charge is 0.455 e. The lowest BCUT2D eigenvalue weighted by atomic mass is 9.99. The van der Waals surface area contributed by atoms with Crippen LogP contribution in [0.25, 0.3) is 93.9 Å². The summed E-state index contributed by atoms with van der Waals surface area (Å²) in [7, 11) is 0. The molecule has 0 bridgehead atoms. The highest BCUT2D eigenvalue weighted by Gasteiger charge is 2.18. The van der Waals surface area contributed by atoms with Crippen molar-refractivity contribution in [2.75, 3.05) is 4.90 Å². The molecule has 0 radical (unpaired) electrons. The summed E-state index contributed by atoms with van der Waals surface area (Å²) >= 11 is 0. The van der Waals surface area contributed by atoms with E-state index in [-0.39, 0.29) is 0 Å². The molecule has 0 atom stereocenters. The Morgan fingerprint density at radius 2 is 0.810 bits per heavy atom. The molecule has 0 unspecified atom stereocenters. The number of fused-ring (bicyclic) bond motifs is 6. The van der Waals surface area contributed by atoms with E-state index in [0.717, 1.165) is 61.4 Å². The molecule has 3 heteroatoms. The number of hydrogen-bond donors (Lipinski definition) is 0. The van der Waals surface area contributed by atoms with Gasteiger partial charge in [-0.25, -0.2) is 0 Å². The highest BCUT2D eigenvalue weighted by atomic mass is 16.3. The highest BCUT2D eigenvalue weighted by molar-refractivity contribution is 6.11. The van der Waals surface area contributed by atoms with Crippen LogP contribution in [0.4, 0.5) is 17.1 Å². The Morgan fingerprint density at radius 3 is 1.54 bits per heavy atom. The third kappa shape index (κ3) is 6.46. The average molecular weight is 805 g/mol. The maximum absolute atomic E-state index is 6.45. The summed E-state index contributed by atoms with van der Waals surface area (Å²) in [5.41, 5.74) is 17.9. The average Bonchev–Trinajstić information content (AvgIpc) is 3.91. The van der Waals surface area contributed by atoms with Gasteiger partial charge >= 0.3 is 0 Å². The summed E-state index contributed by atoms with van der Waals surface area (Å²) in [6, 6.07) is 87.1. The summed E-state index contributed by atoms with van der Waals surface area (Å²) in [6.07, 6.45) is 0. The second kappa shape index (κ2) is 15.3. The standard InChI is InChI=1S/C60H40N2O/c1-3-13-41(14-4-1)42-25-27-43(28-26-42)44-29-34-49(35-30-44)61(50-36-31-45(32-37-50)52-21-12-22-55-54-20-8-10-24-59(54)63-60(52)55)51-18-11-15-46(39-51)47-33-38-58-56(40-47)53-19-7-9-23-57(53)62(58)48-16-5-2-6-17-48/h1-40H. The van der Waals surface area contributed by atoms with Crippen LogP contribution in [0.2, 0.25) is 0 Å². The summed E-state index contributed by atoms with van der Waals surface area (Å²) in [4.78, 5) is 2.36. The molecule has 0 amide bonds. The van der Waals surface area contributed by atoms with Crippen LogP contribution in [0, 0.1) is 0 Å².